The second-order valence-corrected chi connectivity index (χ2v) is 6.05. The zero-order chi connectivity index (χ0) is 16.4. The molecule has 0 aliphatic carbocycles. The molecule has 1 aromatic carbocycles. The third-order valence-electron chi connectivity index (χ3n) is 4.35. The number of carbonyl (C=O) groups is 2. The highest BCUT2D eigenvalue weighted by atomic mass is 16.2. The van der Waals surface area contributed by atoms with E-state index in [-0.39, 0.29) is 17.7 Å². The lowest BCUT2D eigenvalue weighted by Crippen LogP contribution is -2.49. The fourth-order valence-electron chi connectivity index (χ4n) is 3.00. The number of aromatic nitrogens is 1. The summed E-state index contributed by atoms with van der Waals surface area (Å²) in [4.78, 5) is 31.4. The minimum absolute atomic E-state index is 0.0199. The summed E-state index contributed by atoms with van der Waals surface area (Å²) in [6, 6.07) is 11.7. The van der Waals surface area contributed by atoms with E-state index in [1.165, 1.54) is 6.92 Å². The molecule has 5 heteroatoms. The molecule has 0 spiro atoms. The minimum atomic E-state index is -0.0561. The van der Waals surface area contributed by atoms with Gasteiger partial charge in [-0.15, -0.1) is 0 Å². The van der Waals surface area contributed by atoms with Crippen LogP contribution in [0.4, 0.5) is 0 Å². The van der Waals surface area contributed by atoms with Gasteiger partial charge in [0.05, 0.1) is 6.04 Å². The smallest absolute Gasteiger partial charge is 0.270 e. The summed E-state index contributed by atoms with van der Waals surface area (Å²) in [5, 5.41) is 0. The van der Waals surface area contributed by atoms with Crippen molar-refractivity contribution in [3.05, 3.63) is 59.4 Å². The number of benzene rings is 1. The SMILES string of the molecule is CC(=O)c1c[nH]c(C(=O)N2CCN(C)CC2c2ccccc2)c1. The Labute approximate surface area is 135 Å². The van der Waals surface area contributed by atoms with Gasteiger partial charge in [-0.3, -0.25) is 9.59 Å². The monoisotopic (exact) mass is 311 g/mol. The molecule has 1 saturated heterocycles. The normalized spacial score (nSPS) is 18.9. The van der Waals surface area contributed by atoms with Gasteiger partial charge in [0.1, 0.15) is 5.69 Å². The number of nitrogens with one attached hydrogen (secondary N) is 1. The van der Waals surface area contributed by atoms with E-state index in [1.807, 2.05) is 23.1 Å². The maximum Gasteiger partial charge on any atom is 0.270 e. The van der Waals surface area contributed by atoms with E-state index in [9.17, 15) is 9.59 Å². The average Bonchev–Trinajstić information content (AvgIpc) is 3.05. The van der Waals surface area contributed by atoms with E-state index in [0.29, 0.717) is 17.8 Å². The summed E-state index contributed by atoms with van der Waals surface area (Å²) in [5.41, 5.74) is 2.14. The van der Waals surface area contributed by atoms with Crippen LogP contribution in [0.15, 0.2) is 42.6 Å². The fourth-order valence-corrected chi connectivity index (χ4v) is 3.00. The van der Waals surface area contributed by atoms with Gasteiger partial charge in [0.2, 0.25) is 0 Å². The van der Waals surface area contributed by atoms with Crippen molar-refractivity contribution in [3.63, 3.8) is 0 Å². The molecule has 0 radical (unpaired) electrons. The van der Waals surface area contributed by atoms with Crippen LogP contribution in [-0.4, -0.2) is 53.2 Å². The molecule has 1 amide bonds. The summed E-state index contributed by atoms with van der Waals surface area (Å²) in [6.45, 7) is 3.81. The highest BCUT2D eigenvalue weighted by Crippen LogP contribution is 2.26. The molecule has 2 heterocycles. The maximum atomic E-state index is 12.9. The van der Waals surface area contributed by atoms with Crippen molar-refractivity contribution in [2.24, 2.45) is 0 Å². The average molecular weight is 311 g/mol. The first kappa shape index (κ1) is 15.5. The lowest BCUT2D eigenvalue weighted by atomic mass is 10.0. The molecule has 1 aliphatic rings. The number of H-pyrrole nitrogens is 1. The first-order valence-corrected chi connectivity index (χ1v) is 7.80. The Hall–Kier alpha value is -2.40. The molecule has 5 nitrogen and oxygen atoms in total. The highest BCUT2D eigenvalue weighted by molar-refractivity contribution is 5.99. The van der Waals surface area contributed by atoms with E-state index in [0.717, 1.165) is 18.7 Å². The van der Waals surface area contributed by atoms with Crippen molar-refractivity contribution in [1.29, 1.82) is 0 Å². The Morgan fingerprint density at radius 2 is 1.91 bits per heavy atom. The minimum Gasteiger partial charge on any atom is -0.356 e. The summed E-state index contributed by atoms with van der Waals surface area (Å²) in [5.74, 6) is -0.0993. The molecular weight excluding hydrogens is 290 g/mol. The van der Waals surface area contributed by atoms with Gasteiger partial charge in [-0.2, -0.15) is 0 Å². The lowest BCUT2D eigenvalue weighted by molar-refractivity contribution is 0.0493. The van der Waals surface area contributed by atoms with Gasteiger partial charge >= 0.3 is 0 Å². The molecule has 0 saturated carbocycles. The molecule has 2 aromatic rings. The van der Waals surface area contributed by atoms with Crippen molar-refractivity contribution in [1.82, 2.24) is 14.8 Å². The Morgan fingerprint density at radius 3 is 2.57 bits per heavy atom. The predicted octanol–water partition coefficient (Wildman–Crippen LogP) is 2.35. The standard InChI is InChI=1S/C18H21N3O2/c1-13(22)15-10-16(19-11-15)18(23)21-9-8-20(2)12-17(21)14-6-4-3-5-7-14/h3-7,10-11,17,19H,8-9,12H2,1-2H3. The Morgan fingerprint density at radius 1 is 1.17 bits per heavy atom. The summed E-state index contributed by atoms with van der Waals surface area (Å²) in [7, 11) is 2.07. The number of nitrogens with zero attached hydrogens (tertiary/aromatic N) is 2. The summed E-state index contributed by atoms with van der Waals surface area (Å²) < 4.78 is 0. The van der Waals surface area contributed by atoms with Crippen LogP contribution in [0, 0.1) is 0 Å². The predicted molar refractivity (Wildman–Crippen MR) is 88.5 cm³/mol. The second kappa shape index (κ2) is 6.38. The molecule has 1 fully saturated rings. The van der Waals surface area contributed by atoms with Crippen molar-refractivity contribution in [2.45, 2.75) is 13.0 Å². The zero-order valence-corrected chi connectivity index (χ0v) is 13.5. The third-order valence-corrected chi connectivity index (χ3v) is 4.35. The van der Waals surface area contributed by atoms with E-state index < -0.39 is 0 Å². The molecule has 1 N–H and O–H groups in total. The van der Waals surface area contributed by atoms with Crippen LogP contribution in [0.5, 0.6) is 0 Å². The Kier molecular flexibility index (Phi) is 4.30. The van der Waals surface area contributed by atoms with Crippen molar-refractivity contribution >= 4 is 11.7 Å². The van der Waals surface area contributed by atoms with Crippen LogP contribution in [0.2, 0.25) is 0 Å². The molecule has 23 heavy (non-hydrogen) atoms. The van der Waals surface area contributed by atoms with Gasteiger partial charge in [0, 0.05) is 31.4 Å². The first-order chi connectivity index (χ1) is 11.1. The lowest BCUT2D eigenvalue weighted by Gasteiger charge is -2.40. The van der Waals surface area contributed by atoms with Gasteiger partial charge in [-0.1, -0.05) is 30.3 Å². The van der Waals surface area contributed by atoms with Crippen LogP contribution >= 0.6 is 0 Å². The van der Waals surface area contributed by atoms with E-state index in [4.69, 9.17) is 0 Å². The van der Waals surface area contributed by atoms with Gasteiger partial charge in [-0.05, 0) is 25.6 Å². The number of ketones is 1. The quantitative estimate of drug-likeness (QED) is 0.885. The van der Waals surface area contributed by atoms with Crippen LogP contribution in [0.1, 0.15) is 39.4 Å². The van der Waals surface area contributed by atoms with Crippen molar-refractivity contribution < 1.29 is 9.59 Å². The first-order valence-electron chi connectivity index (χ1n) is 7.80. The zero-order valence-electron chi connectivity index (χ0n) is 13.5. The number of likely N-dealkylation sites (N-methyl/N-ethyl adjacent to an activating group) is 1. The molecule has 1 unspecified atom stereocenters. The van der Waals surface area contributed by atoms with Crippen molar-refractivity contribution in [3.8, 4) is 0 Å². The van der Waals surface area contributed by atoms with E-state index >= 15 is 0 Å². The largest absolute Gasteiger partial charge is 0.356 e. The summed E-state index contributed by atoms with van der Waals surface area (Å²) in [6.07, 6.45) is 1.60. The fraction of sp³-hybridized carbons (Fsp3) is 0.333. The van der Waals surface area contributed by atoms with E-state index in [2.05, 4.69) is 29.1 Å². The number of rotatable bonds is 3. The molecule has 1 aliphatic heterocycles. The molecule has 1 atom stereocenters. The van der Waals surface area contributed by atoms with E-state index in [1.54, 1.807) is 12.3 Å². The third kappa shape index (κ3) is 3.19. The number of amides is 1. The number of carbonyl (C=O) groups excluding carboxylic acids is 2. The van der Waals surface area contributed by atoms with Crippen LogP contribution in [-0.2, 0) is 0 Å². The molecule has 0 bridgehead atoms. The van der Waals surface area contributed by atoms with Crippen LogP contribution in [0.25, 0.3) is 0 Å². The van der Waals surface area contributed by atoms with Gasteiger partial charge in [-0.25, -0.2) is 0 Å². The number of aromatic amines is 1. The van der Waals surface area contributed by atoms with Crippen molar-refractivity contribution in [2.75, 3.05) is 26.7 Å². The number of piperazine rings is 1. The van der Waals surface area contributed by atoms with Gasteiger partial charge < -0.3 is 14.8 Å². The molecule has 120 valence electrons. The second-order valence-electron chi connectivity index (χ2n) is 6.05. The highest BCUT2D eigenvalue weighted by Gasteiger charge is 2.31. The Bertz CT molecular complexity index is 708. The van der Waals surface area contributed by atoms with Crippen LogP contribution in [0.3, 0.4) is 0 Å². The number of Topliss-reactive ketones (excluding diaryl/α,β-unsaturated/α-hetero) is 1. The topological polar surface area (TPSA) is 56.4 Å². The maximum absolute atomic E-state index is 12.9. The summed E-state index contributed by atoms with van der Waals surface area (Å²) >= 11 is 0. The number of hydrogen-bond acceptors (Lipinski definition) is 3. The van der Waals surface area contributed by atoms with Gasteiger partial charge in [0.25, 0.3) is 5.91 Å². The van der Waals surface area contributed by atoms with Gasteiger partial charge in [0.15, 0.2) is 5.78 Å². The molecule has 3 rings (SSSR count). The molecular formula is C18H21N3O2. The molecule has 1 aromatic heterocycles. The van der Waals surface area contributed by atoms with Crippen LogP contribution < -0.4 is 0 Å². The number of hydrogen-bond donors (Lipinski definition) is 1. The Balaban J connectivity index is 1.88.